The van der Waals surface area contributed by atoms with E-state index in [9.17, 15) is 9.90 Å². The van der Waals surface area contributed by atoms with Crippen LogP contribution in [0.15, 0.2) is 6.33 Å². The average Bonchev–Trinajstić information content (AvgIpc) is 2.92. The molecule has 0 unspecified atom stereocenters. The fraction of sp³-hybridized carbons (Fsp3) is 0.400. The van der Waals surface area contributed by atoms with E-state index >= 15 is 0 Å². The van der Waals surface area contributed by atoms with E-state index in [1.54, 1.807) is 18.7 Å². The van der Waals surface area contributed by atoms with Gasteiger partial charge in [-0.25, -0.2) is 14.5 Å². The second kappa shape index (κ2) is 4.57. The van der Waals surface area contributed by atoms with E-state index in [4.69, 9.17) is 0 Å². The van der Waals surface area contributed by atoms with Gasteiger partial charge in [0, 0.05) is 12.6 Å². The van der Waals surface area contributed by atoms with Crippen molar-refractivity contribution in [3.8, 4) is 5.82 Å². The van der Waals surface area contributed by atoms with E-state index in [0.717, 1.165) is 0 Å². The van der Waals surface area contributed by atoms with Gasteiger partial charge in [-0.15, -0.1) is 5.10 Å². The third-order valence-corrected chi connectivity index (χ3v) is 2.55. The maximum atomic E-state index is 11.3. The number of aliphatic hydroxyl groups is 1. The lowest BCUT2D eigenvalue weighted by molar-refractivity contribution is 0.0587. The number of rotatable bonds is 3. The molecule has 0 bridgehead atoms. The molecule has 0 aliphatic rings. The molecule has 2 aromatic heterocycles. The molecule has 0 aliphatic heterocycles. The molecule has 8 nitrogen and oxygen atoms in total. The third kappa shape index (κ3) is 1.86. The largest absolute Gasteiger partial charge is 0.463 e. The molecule has 0 saturated heterocycles. The van der Waals surface area contributed by atoms with Gasteiger partial charge in [-0.1, -0.05) is 0 Å². The Bertz CT molecular complexity index is 586. The first-order chi connectivity index (χ1) is 8.58. The number of aryl methyl sites for hydroxylation is 2. The van der Waals surface area contributed by atoms with E-state index < -0.39 is 5.97 Å². The van der Waals surface area contributed by atoms with Crippen molar-refractivity contribution >= 4 is 5.97 Å². The molecule has 2 heterocycles. The van der Waals surface area contributed by atoms with E-state index in [1.807, 2.05) is 0 Å². The smallest absolute Gasteiger partial charge is 0.377 e. The molecular weight excluding hydrogens is 238 g/mol. The quantitative estimate of drug-likeness (QED) is 0.745. The van der Waals surface area contributed by atoms with Crippen molar-refractivity contribution in [1.82, 2.24) is 24.5 Å². The zero-order chi connectivity index (χ0) is 13.3. The van der Waals surface area contributed by atoms with Gasteiger partial charge in [-0.3, -0.25) is 4.68 Å². The molecule has 0 spiro atoms. The van der Waals surface area contributed by atoms with Gasteiger partial charge >= 0.3 is 5.97 Å². The SMILES string of the molecule is COC(=O)c1ncn(-c2c(CO)c(C)nn2C)n1. The molecule has 0 atom stereocenters. The number of nitrogens with zero attached hydrogens (tertiary/aromatic N) is 5. The molecule has 2 aromatic rings. The van der Waals surface area contributed by atoms with Crippen molar-refractivity contribution in [2.75, 3.05) is 7.11 Å². The monoisotopic (exact) mass is 251 g/mol. The predicted molar refractivity (Wildman–Crippen MR) is 60.1 cm³/mol. The van der Waals surface area contributed by atoms with Crippen LogP contribution < -0.4 is 0 Å². The minimum Gasteiger partial charge on any atom is -0.463 e. The van der Waals surface area contributed by atoms with Crippen molar-refractivity contribution in [1.29, 1.82) is 0 Å². The first-order valence-electron chi connectivity index (χ1n) is 5.22. The van der Waals surface area contributed by atoms with Gasteiger partial charge in [0.2, 0.25) is 0 Å². The standard InChI is InChI=1S/C10H13N5O3/c1-6-7(4-16)9(14(2)12-6)15-5-11-8(13-15)10(17)18-3/h5,16H,4H2,1-3H3. The van der Waals surface area contributed by atoms with Crippen molar-refractivity contribution in [3.63, 3.8) is 0 Å². The van der Waals surface area contributed by atoms with Crippen LogP contribution in [-0.2, 0) is 18.4 Å². The summed E-state index contributed by atoms with van der Waals surface area (Å²) in [5.74, 6) is -0.0870. The summed E-state index contributed by atoms with van der Waals surface area (Å²) >= 11 is 0. The minimum absolute atomic E-state index is 0.0414. The number of methoxy groups -OCH3 is 1. The van der Waals surface area contributed by atoms with E-state index in [0.29, 0.717) is 17.1 Å². The lowest BCUT2D eigenvalue weighted by Gasteiger charge is -2.03. The molecule has 0 radical (unpaired) electrons. The molecule has 0 fully saturated rings. The first-order valence-corrected chi connectivity index (χ1v) is 5.22. The highest BCUT2D eigenvalue weighted by Crippen LogP contribution is 2.16. The minimum atomic E-state index is -0.613. The Hall–Kier alpha value is -2.22. The average molecular weight is 251 g/mol. The summed E-state index contributed by atoms with van der Waals surface area (Å²) in [6, 6.07) is 0. The molecule has 18 heavy (non-hydrogen) atoms. The maximum absolute atomic E-state index is 11.3. The molecule has 1 N–H and O–H groups in total. The summed E-state index contributed by atoms with van der Waals surface area (Å²) in [5.41, 5.74) is 1.34. The Kier molecular flexibility index (Phi) is 3.11. The highest BCUT2D eigenvalue weighted by Gasteiger charge is 2.18. The second-order valence-electron chi connectivity index (χ2n) is 3.67. The molecule has 0 aromatic carbocycles. The van der Waals surface area contributed by atoms with Crippen LogP contribution in [0.1, 0.15) is 21.9 Å². The Morgan fingerprint density at radius 1 is 1.50 bits per heavy atom. The normalized spacial score (nSPS) is 10.7. The van der Waals surface area contributed by atoms with Crippen LogP contribution in [0.4, 0.5) is 0 Å². The van der Waals surface area contributed by atoms with Gasteiger partial charge in [-0.05, 0) is 6.92 Å². The van der Waals surface area contributed by atoms with Crippen LogP contribution in [0.3, 0.4) is 0 Å². The van der Waals surface area contributed by atoms with Gasteiger partial charge in [0.15, 0.2) is 5.82 Å². The Morgan fingerprint density at radius 2 is 2.22 bits per heavy atom. The lowest BCUT2D eigenvalue weighted by atomic mass is 10.2. The number of carbonyl (C=O) groups excluding carboxylic acids is 1. The van der Waals surface area contributed by atoms with Crippen LogP contribution in [0.2, 0.25) is 0 Å². The molecule has 8 heteroatoms. The maximum Gasteiger partial charge on any atom is 0.377 e. The van der Waals surface area contributed by atoms with Crippen molar-refractivity contribution in [3.05, 3.63) is 23.4 Å². The fourth-order valence-corrected chi connectivity index (χ4v) is 1.71. The Balaban J connectivity index is 2.49. The van der Waals surface area contributed by atoms with Crippen LogP contribution in [0.25, 0.3) is 5.82 Å². The Morgan fingerprint density at radius 3 is 2.83 bits per heavy atom. The highest BCUT2D eigenvalue weighted by atomic mass is 16.5. The summed E-state index contributed by atoms with van der Waals surface area (Å²) in [6.45, 7) is 1.62. The van der Waals surface area contributed by atoms with Gasteiger partial charge < -0.3 is 9.84 Å². The highest BCUT2D eigenvalue weighted by molar-refractivity contribution is 5.84. The number of carbonyl (C=O) groups is 1. The van der Waals surface area contributed by atoms with Crippen LogP contribution in [0, 0.1) is 6.92 Å². The van der Waals surface area contributed by atoms with E-state index in [2.05, 4.69) is 19.9 Å². The summed E-state index contributed by atoms with van der Waals surface area (Å²) in [7, 11) is 2.98. The zero-order valence-corrected chi connectivity index (χ0v) is 10.3. The topological polar surface area (TPSA) is 95.1 Å². The number of hydrogen-bond acceptors (Lipinski definition) is 6. The molecule has 0 saturated carbocycles. The second-order valence-corrected chi connectivity index (χ2v) is 3.67. The van der Waals surface area contributed by atoms with Crippen molar-refractivity contribution in [2.45, 2.75) is 13.5 Å². The first kappa shape index (κ1) is 12.2. The van der Waals surface area contributed by atoms with Gasteiger partial charge in [-0.2, -0.15) is 5.10 Å². The molecule has 2 rings (SSSR count). The van der Waals surface area contributed by atoms with Gasteiger partial charge in [0.05, 0.1) is 19.4 Å². The van der Waals surface area contributed by atoms with Crippen LogP contribution in [-0.4, -0.2) is 42.7 Å². The number of esters is 1. The van der Waals surface area contributed by atoms with Gasteiger partial charge in [0.1, 0.15) is 6.33 Å². The summed E-state index contributed by atoms with van der Waals surface area (Å²) in [4.78, 5) is 15.1. The van der Waals surface area contributed by atoms with Crippen LogP contribution >= 0.6 is 0 Å². The predicted octanol–water partition coefficient (Wildman–Crippen LogP) is -0.412. The molecule has 96 valence electrons. The van der Waals surface area contributed by atoms with E-state index in [1.165, 1.54) is 18.1 Å². The third-order valence-electron chi connectivity index (χ3n) is 2.55. The Labute approximate surface area is 103 Å². The molecular formula is C10H13N5O3. The van der Waals surface area contributed by atoms with E-state index in [-0.39, 0.29) is 12.4 Å². The van der Waals surface area contributed by atoms with Crippen molar-refractivity contribution in [2.24, 2.45) is 7.05 Å². The molecule has 0 amide bonds. The fourth-order valence-electron chi connectivity index (χ4n) is 1.71. The summed E-state index contributed by atoms with van der Waals surface area (Å²) in [5, 5.41) is 17.5. The number of aromatic nitrogens is 5. The summed E-state index contributed by atoms with van der Waals surface area (Å²) in [6.07, 6.45) is 1.38. The zero-order valence-electron chi connectivity index (χ0n) is 10.3. The lowest BCUT2D eigenvalue weighted by Crippen LogP contribution is -2.08. The summed E-state index contributed by atoms with van der Waals surface area (Å²) < 4.78 is 7.48. The van der Waals surface area contributed by atoms with Gasteiger partial charge in [0.25, 0.3) is 5.82 Å². The number of ether oxygens (including phenoxy) is 1. The van der Waals surface area contributed by atoms with Crippen LogP contribution in [0.5, 0.6) is 0 Å². The molecule has 0 aliphatic carbocycles. The number of hydrogen-bond donors (Lipinski definition) is 1. The van der Waals surface area contributed by atoms with Crippen molar-refractivity contribution < 1.29 is 14.6 Å². The number of aliphatic hydroxyl groups excluding tert-OH is 1.